The summed E-state index contributed by atoms with van der Waals surface area (Å²) in [4.78, 5) is 11.5. The molecule has 8 heterocycles. The number of methoxy groups -OCH3 is 1. The summed E-state index contributed by atoms with van der Waals surface area (Å²) in [5, 5.41) is 0. The topological polar surface area (TPSA) is 31.4 Å². The first-order chi connectivity index (χ1) is 22.1. The fraction of sp³-hybridized carbons (Fsp3) is 0.590. The maximum Gasteiger partial charge on any atom is 0.165 e. The Bertz CT molecular complexity index is 1740. The van der Waals surface area contributed by atoms with Crippen LogP contribution in [0.3, 0.4) is 0 Å². The van der Waals surface area contributed by atoms with Crippen LogP contribution in [-0.4, -0.2) is 85.3 Å². The summed E-state index contributed by atoms with van der Waals surface area (Å²) in [6, 6.07) is 20.9. The molecule has 12 atom stereocenters. The third-order valence-corrected chi connectivity index (χ3v) is 15.7. The number of anilines is 2. The zero-order valence-electron chi connectivity index (χ0n) is 26.7. The van der Waals surface area contributed by atoms with Crippen molar-refractivity contribution in [3.05, 3.63) is 83.0 Å². The Labute approximate surface area is 266 Å². The Hall–Kier alpha value is -2.64. The standard InChI is InChI=1S/C39H44N4O2/c1-4-22-20-40-16-14-37-25-10-6-8-12-28(25)42-33(37)32(24(22)18-30(37)40)34-43-29-13-9-7-11-26(29)38-15-17-41-21-23(5-2)27(19-31(38)41)39(44-3,35(38)43)36(42)45-34/h4-13,24,27,30-36H,14-21H2,1-3H3/b22-4+,23-5?/t24-,27-,30-,31-,32-,33-,34+,35+,36+,37+,38+,39+/m0/s1. The first-order valence-corrected chi connectivity index (χ1v) is 17.9. The van der Waals surface area contributed by atoms with Crippen LogP contribution in [0.15, 0.2) is 71.8 Å². The molecule has 10 aliphatic rings. The van der Waals surface area contributed by atoms with Crippen LogP contribution in [0.2, 0.25) is 0 Å². The van der Waals surface area contributed by atoms with Gasteiger partial charge in [-0.15, -0.1) is 0 Å². The van der Waals surface area contributed by atoms with E-state index < -0.39 is 5.60 Å². The third-order valence-electron chi connectivity index (χ3n) is 15.7. The van der Waals surface area contributed by atoms with Crippen molar-refractivity contribution in [2.75, 3.05) is 43.1 Å². The van der Waals surface area contributed by atoms with E-state index >= 15 is 0 Å². The highest BCUT2D eigenvalue weighted by Gasteiger charge is 2.82. The molecule has 0 amide bonds. The lowest BCUT2D eigenvalue weighted by atomic mass is 9.50. The lowest BCUT2D eigenvalue weighted by molar-refractivity contribution is -0.275. The second kappa shape index (κ2) is 7.90. The summed E-state index contributed by atoms with van der Waals surface area (Å²) in [7, 11) is 2.04. The molecule has 12 rings (SSSR count). The predicted octanol–water partition coefficient (Wildman–Crippen LogP) is 5.05. The number of hydrogen-bond donors (Lipinski definition) is 0. The largest absolute Gasteiger partial charge is 0.371 e. The molecule has 6 bridgehead atoms. The van der Waals surface area contributed by atoms with Crippen LogP contribution in [0.1, 0.15) is 50.7 Å². The van der Waals surface area contributed by atoms with E-state index in [9.17, 15) is 0 Å². The number of allylic oxidation sites excluding steroid dienone is 2. The van der Waals surface area contributed by atoms with Gasteiger partial charge in [0.15, 0.2) is 6.23 Å². The molecule has 6 heteroatoms. The smallest absolute Gasteiger partial charge is 0.165 e. The molecule has 0 unspecified atom stereocenters. The van der Waals surface area contributed by atoms with E-state index in [0.717, 1.165) is 19.5 Å². The molecule has 6 saturated heterocycles. The number of ether oxygens (including phenoxy) is 2. The van der Waals surface area contributed by atoms with Crippen molar-refractivity contribution < 1.29 is 9.47 Å². The van der Waals surface area contributed by atoms with Gasteiger partial charge in [0.05, 0.1) is 12.1 Å². The first kappa shape index (κ1) is 25.4. The van der Waals surface area contributed by atoms with E-state index in [1.807, 2.05) is 7.11 Å². The van der Waals surface area contributed by atoms with Gasteiger partial charge in [0.2, 0.25) is 0 Å². The van der Waals surface area contributed by atoms with Crippen molar-refractivity contribution in [3.63, 3.8) is 0 Å². The van der Waals surface area contributed by atoms with E-state index in [0.29, 0.717) is 35.9 Å². The van der Waals surface area contributed by atoms with E-state index in [1.54, 1.807) is 22.3 Å². The average Bonchev–Trinajstić information content (AvgIpc) is 3.84. The molecule has 0 aromatic heterocycles. The second-order valence-electron chi connectivity index (χ2n) is 16.1. The summed E-state index contributed by atoms with van der Waals surface area (Å²) in [5.74, 6) is 1.29. The molecular formula is C39H44N4O2. The lowest BCUT2D eigenvalue weighted by Crippen LogP contribution is -2.87. The molecule has 2 aromatic carbocycles. The number of hydrogen-bond acceptors (Lipinski definition) is 6. The van der Waals surface area contributed by atoms with Crippen LogP contribution < -0.4 is 9.80 Å². The van der Waals surface area contributed by atoms with Gasteiger partial charge in [-0.25, -0.2) is 0 Å². The first-order valence-electron chi connectivity index (χ1n) is 17.9. The normalized spacial score (nSPS) is 50.6. The molecule has 2 aliphatic carbocycles. The molecule has 0 N–H and O–H groups in total. The van der Waals surface area contributed by atoms with Crippen LogP contribution in [0, 0.1) is 17.8 Å². The van der Waals surface area contributed by atoms with Gasteiger partial charge in [0.1, 0.15) is 11.8 Å². The summed E-state index contributed by atoms with van der Waals surface area (Å²) >= 11 is 0. The number of para-hydroxylation sites is 2. The quantitative estimate of drug-likeness (QED) is 0.427. The average molecular weight is 601 g/mol. The number of benzene rings is 2. The SMILES string of the molecule is CC=C1CN2CC[C@]34c5ccccc5N5[C@@H]6O[C@@H](N7c8ccccc8[C@]89CCN%10C/C(=C\C)[C@H](C[C@H]%108)[C@H]6[C@H]79)[C@](OC)([C@H]53)[C@H]1C[C@H]24. The Kier molecular flexibility index (Phi) is 4.47. The second-order valence-corrected chi connectivity index (χ2v) is 16.1. The predicted molar refractivity (Wildman–Crippen MR) is 174 cm³/mol. The van der Waals surface area contributed by atoms with E-state index in [2.05, 4.69) is 94.1 Å². The van der Waals surface area contributed by atoms with Crippen LogP contribution in [-0.2, 0) is 20.3 Å². The van der Waals surface area contributed by atoms with Gasteiger partial charge in [0, 0.05) is 66.3 Å². The summed E-state index contributed by atoms with van der Waals surface area (Å²) in [6.45, 7) is 9.15. The monoisotopic (exact) mass is 600 g/mol. The minimum atomic E-state index is -0.470. The van der Waals surface area contributed by atoms with Crippen molar-refractivity contribution in [3.8, 4) is 0 Å². The summed E-state index contributed by atoms with van der Waals surface area (Å²) in [6.07, 6.45) is 9.73. The lowest BCUT2D eigenvalue weighted by Gasteiger charge is -2.72. The highest BCUT2D eigenvalue weighted by Crippen LogP contribution is 2.73. The maximum absolute atomic E-state index is 7.85. The Morgan fingerprint density at radius 1 is 0.800 bits per heavy atom. The molecule has 232 valence electrons. The molecule has 2 saturated carbocycles. The summed E-state index contributed by atoms with van der Waals surface area (Å²) < 4.78 is 15.2. The van der Waals surface area contributed by atoms with Crippen LogP contribution in [0.5, 0.6) is 0 Å². The number of fused-ring (bicyclic) bond motifs is 14. The molecule has 6 nitrogen and oxygen atoms in total. The van der Waals surface area contributed by atoms with Crippen molar-refractivity contribution in [1.29, 1.82) is 0 Å². The molecule has 0 radical (unpaired) electrons. The Morgan fingerprint density at radius 3 is 2.18 bits per heavy atom. The van der Waals surface area contributed by atoms with Gasteiger partial charge in [-0.2, -0.15) is 0 Å². The van der Waals surface area contributed by atoms with Gasteiger partial charge in [-0.1, -0.05) is 59.7 Å². The fourth-order valence-electron chi connectivity index (χ4n) is 14.6. The Morgan fingerprint density at radius 2 is 1.44 bits per heavy atom. The van der Waals surface area contributed by atoms with Crippen LogP contribution in [0.25, 0.3) is 0 Å². The highest BCUT2D eigenvalue weighted by molar-refractivity contribution is 5.74. The van der Waals surface area contributed by atoms with Crippen molar-refractivity contribution in [1.82, 2.24) is 9.80 Å². The maximum atomic E-state index is 7.85. The summed E-state index contributed by atoms with van der Waals surface area (Å²) in [5.41, 5.74) is 9.01. The zero-order chi connectivity index (χ0) is 29.6. The van der Waals surface area contributed by atoms with Gasteiger partial charge >= 0.3 is 0 Å². The third kappa shape index (κ3) is 2.37. The molecule has 8 fully saturated rings. The Balaban J connectivity index is 1.19. The zero-order valence-corrected chi connectivity index (χ0v) is 26.7. The highest BCUT2D eigenvalue weighted by atomic mass is 16.6. The van der Waals surface area contributed by atoms with Crippen molar-refractivity contribution in [2.45, 2.75) is 92.6 Å². The molecule has 8 aliphatic heterocycles. The van der Waals surface area contributed by atoms with E-state index in [1.165, 1.54) is 43.7 Å². The van der Waals surface area contributed by atoms with Crippen molar-refractivity contribution >= 4 is 11.4 Å². The van der Waals surface area contributed by atoms with Gasteiger partial charge in [-0.3, -0.25) is 9.80 Å². The van der Waals surface area contributed by atoms with Crippen molar-refractivity contribution in [2.24, 2.45) is 17.8 Å². The number of piperidine rings is 2. The number of nitrogens with zero attached hydrogens (tertiary/aromatic N) is 4. The minimum Gasteiger partial charge on any atom is -0.371 e. The van der Waals surface area contributed by atoms with E-state index in [-0.39, 0.29) is 29.3 Å². The van der Waals surface area contributed by atoms with Gasteiger partial charge in [-0.05, 0) is 81.8 Å². The molecule has 45 heavy (non-hydrogen) atoms. The van der Waals surface area contributed by atoms with E-state index in [4.69, 9.17) is 9.47 Å². The van der Waals surface area contributed by atoms with Crippen LogP contribution in [0.4, 0.5) is 11.4 Å². The minimum absolute atomic E-state index is 0.0474. The molecular weight excluding hydrogens is 556 g/mol. The van der Waals surface area contributed by atoms with Crippen LogP contribution >= 0.6 is 0 Å². The number of rotatable bonds is 1. The molecule has 2 spiro atoms. The molecule has 2 aromatic rings. The fourth-order valence-corrected chi connectivity index (χ4v) is 14.6. The van der Waals surface area contributed by atoms with Gasteiger partial charge in [0.25, 0.3) is 0 Å². The van der Waals surface area contributed by atoms with Gasteiger partial charge < -0.3 is 19.3 Å².